The summed E-state index contributed by atoms with van der Waals surface area (Å²) in [6.07, 6.45) is 2.26. The van der Waals surface area contributed by atoms with Crippen LogP contribution in [-0.4, -0.2) is 25.2 Å². The Bertz CT molecular complexity index is 419. The molecule has 1 saturated heterocycles. The minimum absolute atomic E-state index is 0.0904. The molecule has 1 heterocycles. The average Bonchev–Trinajstić information content (AvgIpc) is 2.82. The number of nitrogens with one attached hydrogen (secondary N) is 1. The number of hydrogen-bond donors (Lipinski definition) is 1. The third-order valence-electron chi connectivity index (χ3n) is 2.69. The van der Waals surface area contributed by atoms with Gasteiger partial charge in [-0.05, 0) is 53.6 Å². The molecule has 0 saturated carbocycles. The Labute approximate surface area is 119 Å². The van der Waals surface area contributed by atoms with Crippen LogP contribution in [-0.2, 0) is 4.74 Å². The van der Waals surface area contributed by atoms with Crippen molar-refractivity contribution in [3.05, 3.63) is 32.4 Å². The maximum atomic E-state index is 11.9. The first-order chi connectivity index (χ1) is 8.16. The number of carbonyl (C=O) groups excluding carboxylic acids is 1. The second kappa shape index (κ2) is 6.02. The highest BCUT2D eigenvalue weighted by Crippen LogP contribution is 2.18. The summed E-state index contributed by atoms with van der Waals surface area (Å²) in [6, 6.07) is 5.30. The molecule has 0 bridgehead atoms. The lowest BCUT2D eigenvalue weighted by molar-refractivity contribution is 0.0857. The van der Waals surface area contributed by atoms with Crippen LogP contribution in [0.2, 0.25) is 5.02 Å². The van der Waals surface area contributed by atoms with Crippen LogP contribution >= 0.6 is 34.2 Å². The molecule has 1 aliphatic heterocycles. The van der Waals surface area contributed by atoms with Gasteiger partial charge in [-0.1, -0.05) is 11.6 Å². The van der Waals surface area contributed by atoms with Crippen LogP contribution in [0.25, 0.3) is 0 Å². The lowest BCUT2D eigenvalue weighted by atomic mass is 10.2. The molecule has 1 aromatic carbocycles. The van der Waals surface area contributed by atoms with Gasteiger partial charge in [-0.25, -0.2) is 0 Å². The lowest BCUT2D eigenvalue weighted by Gasteiger charge is -2.11. The molecule has 92 valence electrons. The van der Waals surface area contributed by atoms with Crippen molar-refractivity contribution in [3.8, 4) is 0 Å². The van der Waals surface area contributed by atoms with Gasteiger partial charge in [0.15, 0.2) is 0 Å². The summed E-state index contributed by atoms with van der Waals surface area (Å²) in [5, 5.41) is 3.46. The fourth-order valence-electron chi connectivity index (χ4n) is 1.78. The first kappa shape index (κ1) is 13.1. The molecule has 1 fully saturated rings. The molecule has 2 rings (SSSR count). The van der Waals surface area contributed by atoms with E-state index in [2.05, 4.69) is 27.9 Å². The standard InChI is InChI=1S/C12H13ClINO2/c13-8-3-4-11(14)10(6-8)12(16)15-7-9-2-1-5-17-9/h3-4,6,9H,1-2,5,7H2,(H,15,16). The van der Waals surface area contributed by atoms with Crippen LogP contribution in [0.4, 0.5) is 0 Å². The second-order valence-corrected chi connectivity index (χ2v) is 5.57. The van der Waals surface area contributed by atoms with Crippen molar-refractivity contribution in [3.63, 3.8) is 0 Å². The first-order valence-electron chi connectivity index (χ1n) is 5.51. The van der Waals surface area contributed by atoms with Crippen molar-refractivity contribution in [2.24, 2.45) is 0 Å². The van der Waals surface area contributed by atoms with E-state index in [-0.39, 0.29) is 12.0 Å². The summed E-state index contributed by atoms with van der Waals surface area (Å²) in [5.41, 5.74) is 0.621. The molecule has 17 heavy (non-hydrogen) atoms. The van der Waals surface area contributed by atoms with Crippen molar-refractivity contribution >= 4 is 40.1 Å². The molecule has 1 N–H and O–H groups in total. The molecule has 1 amide bonds. The molecule has 0 aromatic heterocycles. The number of halogens is 2. The Balaban J connectivity index is 1.96. The fourth-order valence-corrected chi connectivity index (χ4v) is 2.53. The number of hydrogen-bond acceptors (Lipinski definition) is 2. The lowest BCUT2D eigenvalue weighted by Crippen LogP contribution is -2.32. The summed E-state index contributed by atoms with van der Waals surface area (Å²) in [7, 11) is 0. The van der Waals surface area contributed by atoms with Gasteiger partial charge in [0.1, 0.15) is 0 Å². The maximum Gasteiger partial charge on any atom is 0.252 e. The Morgan fingerprint density at radius 3 is 3.12 bits per heavy atom. The van der Waals surface area contributed by atoms with Gasteiger partial charge in [0.05, 0.1) is 11.7 Å². The van der Waals surface area contributed by atoms with Crippen molar-refractivity contribution in [1.29, 1.82) is 0 Å². The topological polar surface area (TPSA) is 38.3 Å². The second-order valence-electron chi connectivity index (χ2n) is 3.97. The minimum atomic E-state index is -0.0904. The average molecular weight is 366 g/mol. The van der Waals surface area contributed by atoms with E-state index >= 15 is 0 Å². The normalized spacial score (nSPS) is 19.3. The number of carbonyl (C=O) groups is 1. The third kappa shape index (κ3) is 3.56. The highest BCUT2D eigenvalue weighted by atomic mass is 127. The zero-order valence-electron chi connectivity index (χ0n) is 9.21. The monoisotopic (exact) mass is 365 g/mol. The largest absolute Gasteiger partial charge is 0.376 e. The quantitative estimate of drug-likeness (QED) is 0.837. The molecule has 1 unspecified atom stereocenters. The fraction of sp³-hybridized carbons (Fsp3) is 0.417. The van der Waals surface area contributed by atoms with Crippen molar-refractivity contribution in [1.82, 2.24) is 5.32 Å². The Morgan fingerprint density at radius 2 is 2.41 bits per heavy atom. The number of amides is 1. The van der Waals surface area contributed by atoms with Gasteiger partial charge in [-0.15, -0.1) is 0 Å². The van der Waals surface area contributed by atoms with Gasteiger partial charge in [0.25, 0.3) is 5.91 Å². The van der Waals surface area contributed by atoms with Crippen LogP contribution in [0.15, 0.2) is 18.2 Å². The Kier molecular flexibility index (Phi) is 4.64. The van der Waals surface area contributed by atoms with E-state index in [4.69, 9.17) is 16.3 Å². The van der Waals surface area contributed by atoms with Crippen LogP contribution in [0, 0.1) is 3.57 Å². The number of ether oxygens (including phenoxy) is 1. The molecule has 1 aliphatic rings. The predicted octanol–water partition coefficient (Wildman–Crippen LogP) is 2.85. The van der Waals surface area contributed by atoms with Crippen LogP contribution in [0.3, 0.4) is 0 Å². The number of benzene rings is 1. The molecular weight excluding hydrogens is 352 g/mol. The van der Waals surface area contributed by atoms with Gasteiger partial charge in [-0.3, -0.25) is 4.79 Å². The van der Waals surface area contributed by atoms with Gasteiger partial charge in [-0.2, -0.15) is 0 Å². The summed E-state index contributed by atoms with van der Waals surface area (Å²) in [6.45, 7) is 1.37. The molecular formula is C12H13ClINO2. The first-order valence-corrected chi connectivity index (χ1v) is 6.97. The zero-order chi connectivity index (χ0) is 12.3. The van der Waals surface area contributed by atoms with Gasteiger partial charge < -0.3 is 10.1 Å². The summed E-state index contributed by atoms with van der Waals surface area (Å²) in [4.78, 5) is 11.9. The van der Waals surface area contributed by atoms with Gasteiger partial charge >= 0.3 is 0 Å². The predicted molar refractivity (Wildman–Crippen MR) is 75.5 cm³/mol. The van der Waals surface area contributed by atoms with E-state index < -0.39 is 0 Å². The van der Waals surface area contributed by atoms with E-state index in [1.54, 1.807) is 12.1 Å². The molecule has 0 spiro atoms. The molecule has 1 aromatic rings. The third-order valence-corrected chi connectivity index (χ3v) is 3.86. The summed E-state index contributed by atoms with van der Waals surface area (Å²) >= 11 is 8.01. The minimum Gasteiger partial charge on any atom is -0.376 e. The molecule has 5 heteroatoms. The highest BCUT2D eigenvalue weighted by molar-refractivity contribution is 14.1. The van der Waals surface area contributed by atoms with E-state index in [0.717, 1.165) is 23.0 Å². The van der Waals surface area contributed by atoms with Crippen LogP contribution < -0.4 is 5.32 Å². The van der Waals surface area contributed by atoms with E-state index in [1.165, 1.54) is 0 Å². The van der Waals surface area contributed by atoms with E-state index in [0.29, 0.717) is 17.1 Å². The maximum absolute atomic E-state index is 11.9. The highest BCUT2D eigenvalue weighted by Gasteiger charge is 2.17. The van der Waals surface area contributed by atoms with E-state index in [9.17, 15) is 4.79 Å². The van der Waals surface area contributed by atoms with Crippen LogP contribution in [0.1, 0.15) is 23.2 Å². The summed E-state index contributed by atoms with van der Waals surface area (Å²) in [5.74, 6) is -0.0904. The van der Waals surface area contributed by atoms with Crippen molar-refractivity contribution < 1.29 is 9.53 Å². The van der Waals surface area contributed by atoms with Crippen LogP contribution in [0.5, 0.6) is 0 Å². The molecule has 1 atom stereocenters. The van der Waals surface area contributed by atoms with Crippen molar-refractivity contribution in [2.75, 3.05) is 13.2 Å². The molecule has 3 nitrogen and oxygen atoms in total. The van der Waals surface area contributed by atoms with Crippen molar-refractivity contribution in [2.45, 2.75) is 18.9 Å². The number of rotatable bonds is 3. The Morgan fingerprint density at radius 1 is 1.59 bits per heavy atom. The van der Waals surface area contributed by atoms with E-state index in [1.807, 2.05) is 6.07 Å². The zero-order valence-corrected chi connectivity index (χ0v) is 12.1. The molecule has 0 aliphatic carbocycles. The van der Waals surface area contributed by atoms with Gasteiger partial charge in [0, 0.05) is 21.7 Å². The molecule has 0 radical (unpaired) electrons. The van der Waals surface area contributed by atoms with Gasteiger partial charge in [0.2, 0.25) is 0 Å². The Hall–Kier alpha value is -0.330. The summed E-state index contributed by atoms with van der Waals surface area (Å²) < 4.78 is 6.35. The smallest absolute Gasteiger partial charge is 0.252 e. The SMILES string of the molecule is O=C(NCC1CCCO1)c1cc(Cl)ccc1I.